The molecule has 0 aromatic heterocycles. The topological polar surface area (TPSA) is 92.8 Å². The van der Waals surface area contributed by atoms with Gasteiger partial charge in [0.2, 0.25) is 0 Å². The summed E-state index contributed by atoms with van der Waals surface area (Å²) in [5, 5.41) is 2.78. The van der Waals surface area contributed by atoms with Crippen molar-refractivity contribution in [2.75, 3.05) is 4.90 Å². The number of hydrogen-bond donors (Lipinski definition) is 1. The Hall–Kier alpha value is -3.48. The van der Waals surface area contributed by atoms with Crippen molar-refractivity contribution in [1.29, 1.82) is 0 Å². The van der Waals surface area contributed by atoms with Crippen LogP contribution in [0.25, 0.3) is 0 Å². The number of ether oxygens (including phenoxy) is 1. The van der Waals surface area contributed by atoms with E-state index in [1.165, 1.54) is 31.2 Å². The number of nitrogens with zero attached hydrogens (tertiary/aromatic N) is 1. The summed E-state index contributed by atoms with van der Waals surface area (Å²) in [5.41, 5.74) is 1.30. The van der Waals surface area contributed by atoms with Crippen molar-refractivity contribution in [3.63, 3.8) is 0 Å². The van der Waals surface area contributed by atoms with Gasteiger partial charge < -0.3 is 10.1 Å². The third kappa shape index (κ3) is 3.26. The van der Waals surface area contributed by atoms with Crippen LogP contribution in [0.15, 0.2) is 48.5 Å². The van der Waals surface area contributed by atoms with Gasteiger partial charge in [-0.05, 0) is 56.2 Å². The van der Waals surface area contributed by atoms with E-state index in [0.29, 0.717) is 16.8 Å². The molecule has 0 bridgehead atoms. The van der Waals surface area contributed by atoms with E-state index in [4.69, 9.17) is 4.74 Å². The molecule has 4 rings (SSSR count). The molecule has 1 unspecified atom stereocenters. The number of carbonyl (C=O) groups excluding carboxylic acids is 4. The first-order chi connectivity index (χ1) is 13.5. The van der Waals surface area contributed by atoms with Gasteiger partial charge in [-0.1, -0.05) is 12.1 Å². The molecule has 7 nitrogen and oxygen atoms in total. The summed E-state index contributed by atoms with van der Waals surface area (Å²) in [5.74, 6) is -1.77. The van der Waals surface area contributed by atoms with Gasteiger partial charge in [-0.15, -0.1) is 0 Å². The van der Waals surface area contributed by atoms with Crippen LogP contribution in [0, 0.1) is 0 Å². The highest BCUT2D eigenvalue weighted by Crippen LogP contribution is 2.28. The lowest BCUT2D eigenvalue weighted by molar-refractivity contribution is -0.129. The number of rotatable bonds is 5. The van der Waals surface area contributed by atoms with Gasteiger partial charge in [-0.2, -0.15) is 0 Å². The van der Waals surface area contributed by atoms with Crippen LogP contribution in [0.3, 0.4) is 0 Å². The van der Waals surface area contributed by atoms with Gasteiger partial charge >= 0.3 is 5.97 Å². The van der Waals surface area contributed by atoms with Crippen molar-refractivity contribution in [1.82, 2.24) is 5.32 Å². The standard InChI is InChI=1S/C21H18N2O5/c1-12(18(24)22-14-8-9-14)28-21(27)13-6-10-15(11-7-13)23-19(25)16-4-2-3-5-17(16)20(23)26/h2-7,10-12,14H,8-9H2,1H3,(H,22,24). The third-order valence-corrected chi connectivity index (χ3v) is 4.73. The van der Waals surface area contributed by atoms with Gasteiger partial charge in [0.15, 0.2) is 6.10 Å². The van der Waals surface area contributed by atoms with Crippen LogP contribution in [-0.2, 0) is 9.53 Å². The highest BCUT2D eigenvalue weighted by molar-refractivity contribution is 6.34. The second-order valence-corrected chi connectivity index (χ2v) is 6.87. The Morgan fingerprint density at radius 1 is 1.00 bits per heavy atom. The number of imide groups is 1. The fourth-order valence-electron chi connectivity index (χ4n) is 3.00. The van der Waals surface area contributed by atoms with Crippen molar-refractivity contribution < 1.29 is 23.9 Å². The van der Waals surface area contributed by atoms with Gasteiger partial charge in [0.1, 0.15) is 0 Å². The van der Waals surface area contributed by atoms with Gasteiger partial charge in [0, 0.05) is 6.04 Å². The first-order valence-corrected chi connectivity index (χ1v) is 9.05. The molecule has 1 atom stereocenters. The molecule has 0 spiro atoms. The lowest BCUT2D eigenvalue weighted by atomic mass is 10.1. The third-order valence-electron chi connectivity index (χ3n) is 4.73. The Morgan fingerprint density at radius 2 is 1.57 bits per heavy atom. The largest absolute Gasteiger partial charge is 0.449 e. The molecule has 2 aliphatic rings. The molecule has 142 valence electrons. The quantitative estimate of drug-likeness (QED) is 0.637. The zero-order valence-corrected chi connectivity index (χ0v) is 15.2. The van der Waals surface area contributed by atoms with E-state index in [2.05, 4.69) is 5.32 Å². The van der Waals surface area contributed by atoms with Crippen molar-refractivity contribution in [2.24, 2.45) is 0 Å². The summed E-state index contributed by atoms with van der Waals surface area (Å²) in [7, 11) is 0. The molecule has 1 saturated carbocycles. The van der Waals surface area contributed by atoms with E-state index < -0.39 is 23.9 Å². The van der Waals surface area contributed by atoms with E-state index in [1.807, 2.05) is 0 Å². The van der Waals surface area contributed by atoms with Crippen molar-refractivity contribution in [3.8, 4) is 0 Å². The van der Waals surface area contributed by atoms with Gasteiger partial charge in [0.05, 0.1) is 22.4 Å². The van der Waals surface area contributed by atoms with E-state index in [-0.39, 0.29) is 17.5 Å². The lowest BCUT2D eigenvalue weighted by Crippen LogP contribution is -2.37. The number of benzene rings is 2. The molecule has 2 aromatic carbocycles. The number of amides is 3. The average molecular weight is 378 g/mol. The van der Waals surface area contributed by atoms with Crippen molar-refractivity contribution in [3.05, 3.63) is 65.2 Å². The Bertz CT molecular complexity index is 944. The molecule has 1 aliphatic heterocycles. The second kappa shape index (κ2) is 6.92. The Labute approximate surface area is 161 Å². The smallest absolute Gasteiger partial charge is 0.338 e. The highest BCUT2D eigenvalue weighted by atomic mass is 16.5. The molecule has 1 N–H and O–H groups in total. The maximum absolute atomic E-state index is 12.5. The maximum atomic E-state index is 12.5. The van der Waals surface area contributed by atoms with Crippen LogP contribution in [0.5, 0.6) is 0 Å². The Morgan fingerprint density at radius 3 is 2.11 bits per heavy atom. The monoisotopic (exact) mass is 378 g/mol. The van der Waals surface area contributed by atoms with Crippen LogP contribution in [-0.4, -0.2) is 35.8 Å². The highest BCUT2D eigenvalue weighted by Gasteiger charge is 2.36. The molecule has 7 heteroatoms. The number of nitrogens with one attached hydrogen (secondary N) is 1. The molecular formula is C21H18N2O5. The normalized spacial score (nSPS) is 16.5. The summed E-state index contributed by atoms with van der Waals surface area (Å²) in [4.78, 5) is 50.2. The van der Waals surface area contributed by atoms with Crippen molar-refractivity contribution in [2.45, 2.75) is 31.9 Å². The molecule has 1 fully saturated rings. The first kappa shape index (κ1) is 17.9. The molecule has 1 heterocycles. The predicted molar refractivity (Wildman–Crippen MR) is 100 cm³/mol. The summed E-state index contributed by atoms with van der Waals surface area (Å²) in [6, 6.07) is 12.7. The lowest BCUT2D eigenvalue weighted by Gasteiger charge is -2.15. The van der Waals surface area contributed by atoms with E-state index >= 15 is 0 Å². The van der Waals surface area contributed by atoms with E-state index in [0.717, 1.165) is 17.7 Å². The Kier molecular flexibility index (Phi) is 4.43. The maximum Gasteiger partial charge on any atom is 0.338 e. The fraction of sp³-hybridized carbons (Fsp3) is 0.238. The molecule has 2 aromatic rings. The summed E-state index contributed by atoms with van der Waals surface area (Å²) >= 11 is 0. The van der Waals surface area contributed by atoms with Crippen LogP contribution in [0.4, 0.5) is 5.69 Å². The first-order valence-electron chi connectivity index (χ1n) is 9.05. The summed E-state index contributed by atoms with van der Waals surface area (Å²) in [6.07, 6.45) is 1.00. The summed E-state index contributed by atoms with van der Waals surface area (Å²) < 4.78 is 5.19. The van der Waals surface area contributed by atoms with Crippen LogP contribution < -0.4 is 10.2 Å². The zero-order valence-electron chi connectivity index (χ0n) is 15.2. The minimum atomic E-state index is -0.899. The molecule has 0 radical (unpaired) electrons. The fourth-order valence-corrected chi connectivity index (χ4v) is 3.00. The SMILES string of the molecule is CC(OC(=O)c1ccc(N2C(=O)c3ccccc3C2=O)cc1)C(=O)NC1CC1. The predicted octanol–water partition coefficient (Wildman–Crippen LogP) is 2.31. The van der Waals surface area contributed by atoms with E-state index in [1.54, 1.807) is 24.3 Å². The number of esters is 1. The second-order valence-electron chi connectivity index (χ2n) is 6.87. The van der Waals surface area contributed by atoms with Gasteiger partial charge in [-0.25, -0.2) is 9.69 Å². The van der Waals surface area contributed by atoms with E-state index in [9.17, 15) is 19.2 Å². The molecule has 3 amide bonds. The number of carbonyl (C=O) groups is 4. The Balaban J connectivity index is 1.45. The molecule has 28 heavy (non-hydrogen) atoms. The summed E-state index contributed by atoms with van der Waals surface area (Å²) in [6.45, 7) is 1.52. The van der Waals surface area contributed by atoms with Crippen molar-refractivity contribution >= 4 is 29.4 Å². The van der Waals surface area contributed by atoms with Crippen LogP contribution in [0.1, 0.15) is 50.8 Å². The number of fused-ring (bicyclic) bond motifs is 1. The number of hydrogen-bond acceptors (Lipinski definition) is 5. The molecule has 0 saturated heterocycles. The minimum Gasteiger partial charge on any atom is -0.449 e. The van der Waals surface area contributed by atoms with Crippen LogP contribution >= 0.6 is 0 Å². The minimum absolute atomic E-state index is 0.188. The molecular weight excluding hydrogens is 360 g/mol. The van der Waals surface area contributed by atoms with Gasteiger partial charge in [-0.3, -0.25) is 14.4 Å². The number of anilines is 1. The molecule has 1 aliphatic carbocycles. The van der Waals surface area contributed by atoms with Gasteiger partial charge in [0.25, 0.3) is 17.7 Å². The van der Waals surface area contributed by atoms with Crippen LogP contribution in [0.2, 0.25) is 0 Å². The average Bonchev–Trinajstić information content (AvgIpc) is 3.48. The zero-order chi connectivity index (χ0) is 19.8.